The molecule has 0 bridgehead atoms. The van der Waals surface area contributed by atoms with Gasteiger partial charge < -0.3 is 9.47 Å². The maximum absolute atomic E-state index is 13.5. The minimum absolute atomic E-state index is 0.0686. The van der Waals surface area contributed by atoms with Crippen molar-refractivity contribution in [1.29, 1.82) is 0 Å². The molecule has 0 spiro atoms. The van der Waals surface area contributed by atoms with Crippen LogP contribution in [-0.4, -0.2) is 26.4 Å². The van der Waals surface area contributed by atoms with Crippen LogP contribution in [0.4, 0.5) is 0 Å². The molecule has 1 amide bonds. The highest BCUT2D eigenvalue weighted by Gasteiger charge is 2.34. The molecule has 0 aliphatic heterocycles. The quantitative estimate of drug-likeness (QED) is 0.419. The van der Waals surface area contributed by atoms with Crippen LogP contribution in [0.2, 0.25) is 5.02 Å². The van der Waals surface area contributed by atoms with Gasteiger partial charge in [-0.3, -0.25) is 9.78 Å². The number of benzene rings is 2. The molecular weight excluding hydrogens is 394 g/mol. The summed E-state index contributed by atoms with van der Waals surface area (Å²) in [5, 5.41) is 1.67. The molecule has 30 heavy (non-hydrogen) atoms. The molecule has 2 heterocycles. The van der Waals surface area contributed by atoms with E-state index in [2.05, 4.69) is 29.2 Å². The molecular formula is C25H22ClN3O. The van der Waals surface area contributed by atoms with Crippen LogP contribution in [0.15, 0.2) is 73.1 Å². The van der Waals surface area contributed by atoms with Gasteiger partial charge in [0.1, 0.15) is 5.69 Å². The van der Waals surface area contributed by atoms with Gasteiger partial charge in [0.05, 0.1) is 0 Å². The average Bonchev–Trinajstić information content (AvgIpc) is 3.56. The summed E-state index contributed by atoms with van der Waals surface area (Å²) in [6.45, 7) is 0.597. The Balaban J connectivity index is 1.46. The number of pyridine rings is 1. The van der Waals surface area contributed by atoms with Gasteiger partial charge in [0.2, 0.25) is 0 Å². The third-order valence-corrected chi connectivity index (χ3v) is 5.98. The molecule has 0 N–H and O–H groups in total. The van der Waals surface area contributed by atoms with Crippen LogP contribution in [0.1, 0.15) is 28.9 Å². The number of carbonyl (C=O) groups excluding carboxylic acids is 1. The van der Waals surface area contributed by atoms with Gasteiger partial charge in [-0.15, -0.1) is 0 Å². The van der Waals surface area contributed by atoms with Gasteiger partial charge in [-0.2, -0.15) is 0 Å². The van der Waals surface area contributed by atoms with Crippen molar-refractivity contribution >= 4 is 28.4 Å². The van der Waals surface area contributed by atoms with Crippen molar-refractivity contribution in [3.8, 4) is 11.1 Å². The maximum Gasteiger partial charge on any atom is 0.271 e. The van der Waals surface area contributed by atoms with Crippen LogP contribution in [0.25, 0.3) is 22.0 Å². The van der Waals surface area contributed by atoms with E-state index in [1.54, 1.807) is 6.20 Å². The van der Waals surface area contributed by atoms with Crippen LogP contribution in [0, 0.1) is 0 Å². The Labute approximate surface area is 180 Å². The Bertz CT molecular complexity index is 1230. The Morgan fingerprint density at radius 1 is 1.10 bits per heavy atom. The second-order valence-electron chi connectivity index (χ2n) is 7.90. The van der Waals surface area contributed by atoms with E-state index in [0.717, 1.165) is 40.4 Å². The number of nitrogens with zero attached hydrogens (tertiary/aromatic N) is 3. The second kappa shape index (κ2) is 7.62. The third-order valence-electron chi connectivity index (χ3n) is 5.75. The first-order valence-corrected chi connectivity index (χ1v) is 10.5. The number of carbonyl (C=O) groups is 1. The highest BCUT2D eigenvalue weighted by atomic mass is 35.5. The first-order chi connectivity index (χ1) is 14.6. The second-order valence-corrected chi connectivity index (χ2v) is 8.33. The predicted molar refractivity (Wildman–Crippen MR) is 120 cm³/mol. The zero-order chi connectivity index (χ0) is 20.7. The molecule has 5 heteroatoms. The Hall–Kier alpha value is -3.11. The fourth-order valence-corrected chi connectivity index (χ4v) is 4.19. The molecule has 0 saturated heterocycles. The minimum Gasteiger partial charge on any atom is -0.340 e. The Morgan fingerprint density at radius 3 is 2.70 bits per heavy atom. The summed E-state index contributed by atoms with van der Waals surface area (Å²) in [5.41, 5.74) is 5.02. The van der Waals surface area contributed by atoms with E-state index in [1.807, 2.05) is 59.1 Å². The molecule has 0 unspecified atom stereocenters. The van der Waals surface area contributed by atoms with E-state index < -0.39 is 0 Å². The highest BCUT2D eigenvalue weighted by Crippen LogP contribution is 2.32. The van der Waals surface area contributed by atoms with Crippen molar-refractivity contribution in [2.75, 3.05) is 0 Å². The predicted octanol–water partition coefficient (Wildman–Crippen LogP) is 5.70. The lowest BCUT2D eigenvalue weighted by Crippen LogP contribution is -2.33. The average molecular weight is 416 g/mol. The number of hydrogen-bond donors (Lipinski definition) is 0. The number of halogens is 1. The van der Waals surface area contributed by atoms with Crippen molar-refractivity contribution < 1.29 is 4.79 Å². The molecule has 0 atom stereocenters. The summed E-state index contributed by atoms with van der Waals surface area (Å²) in [4.78, 5) is 19.8. The van der Waals surface area contributed by atoms with E-state index in [0.29, 0.717) is 23.3 Å². The van der Waals surface area contributed by atoms with E-state index in [4.69, 9.17) is 11.6 Å². The molecule has 1 fully saturated rings. The molecule has 1 aliphatic carbocycles. The largest absolute Gasteiger partial charge is 0.340 e. The summed E-state index contributed by atoms with van der Waals surface area (Å²) in [7, 11) is 1.94. The van der Waals surface area contributed by atoms with E-state index in [1.165, 1.54) is 0 Å². The van der Waals surface area contributed by atoms with Crippen LogP contribution >= 0.6 is 11.6 Å². The molecule has 2 aromatic carbocycles. The number of amides is 1. The molecule has 1 saturated carbocycles. The summed E-state index contributed by atoms with van der Waals surface area (Å²) < 4.78 is 1.97. The zero-order valence-corrected chi connectivity index (χ0v) is 17.5. The van der Waals surface area contributed by atoms with Gasteiger partial charge in [0.25, 0.3) is 5.91 Å². The fraction of sp³-hybridized carbons (Fsp3) is 0.200. The number of aryl methyl sites for hydroxylation is 1. The lowest BCUT2D eigenvalue weighted by molar-refractivity contribution is 0.0720. The monoisotopic (exact) mass is 415 g/mol. The number of rotatable bonds is 5. The molecule has 4 aromatic rings. The summed E-state index contributed by atoms with van der Waals surface area (Å²) in [5.74, 6) is 0.0686. The van der Waals surface area contributed by atoms with Crippen molar-refractivity contribution in [1.82, 2.24) is 14.5 Å². The molecule has 0 radical (unpaired) electrons. The molecule has 5 rings (SSSR count). The van der Waals surface area contributed by atoms with Gasteiger partial charge in [0.15, 0.2) is 0 Å². The van der Waals surface area contributed by atoms with Gasteiger partial charge >= 0.3 is 0 Å². The van der Waals surface area contributed by atoms with Crippen molar-refractivity contribution in [2.45, 2.75) is 25.4 Å². The number of fused-ring (bicyclic) bond motifs is 1. The molecule has 1 aliphatic rings. The SMILES string of the molecule is Cn1c(C(=O)N(Cc2cccc(-c3cccnc3)c2)C2CC2)cc2cc(Cl)ccc21. The standard InChI is InChI=1S/C25H22ClN3O/c1-28-23-10-7-21(26)13-20(23)14-24(28)25(30)29(22-8-9-22)16-17-4-2-5-18(12-17)19-6-3-11-27-15-19/h2-7,10-15,22H,8-9,16H2,1H3. The molecule has 2 aromatic heterocycles. The lowest BCUT2D eigenvalue weighted by Gasteiger charge is -2.23. The van der Waals surface area contributed by atoms with Crippen LogP contribution in [0.5, 0.6) is 0 Å². The lowest BCUT2D eigenvalue weighted by atomic mass is 10.0. The fourth-order valence-electron chi connectivity index (χ4n) is 4.01. The first kappa shape index (κ1) is 18.9. The Kier molecular flexibility index (Phi) is 4.80. The summed E-state index contributed by atoms with van der Waals surface area (Å²) in [6, 6.07) is 20.4. The van der Waals surface area contributed by atoms with Crippen LogP contribution in [0.3, 0.4) is 0 Å². The van der Waals surface area contributed by atoms with Crippen molar-refractivity contribution in [2.24, 2.45) is 7.05 Å². The van der Waals surface area contributed by atoms with E-state index in [9.17, 15) is 4.79 Å². The Morgan fingerprint density at radius 2 is 1.93 bits per heavy atom. The van der Waals surface area contributed by atoms with Gasteiger partial charge in [-0.05, 0) is 65.9 Å². The number of hydrogen-bond acceptors (Lipinski definition) is 2. The zero-order valence-electron chi connectivity index (χ0n) is 16.8. The highest BCUT2D eigenvalue weighted by molar-refractivity contribution is 6.31. The van der Waals surface area contributed by atoms with E-state index >= 15 is 0 Å². The van der Waals surface area contributed by atoms with Crippen molar-refractivity contribution in [3.05, 3.63) is 89.3 Å². The smallest absolute Gasteiger partial charge is 0.271 e. The van der Waals surface area contributed by atoms with Gasteiger partial charge in [0, 0.05) is 48.0 Å². The maximum atomic E-state index is 13.5. The minimum atomic E-state index is 0.0686. The molecule has 4 nitrogen and oxygen atoms in total. The van der Waals surface area contributed by atoms with Gasteiger partial charge in [-0.25, -0.2) is 0 Å². The first-order valence-electron chi connectivity index (χ1n) is 10.2. The van der Waals surface area contributed by atoms with Crippen LogP contribution < -0.4 is 0 Å². The van der Waals surface area contributed by atoms with Crippen LogP contribution in [-0.2, 0) is 13.6 Å². The van der Waals surface area contributed by atoms with Gasteiger partial charge in [-0.1, -0.05) is 35.9 Å². The topological polar surface area (TPSA) is 38.1 Å². The molecule has 150 valence electrons. The third kappa shape index (κ3) is 3.59. The van der Waals surface area contributed by atoms with Crippen molar-refractivity contribution in [3.63, 3.8) is 0 Å². The number of aromatic nitrogens is 2. The summed E-state index contributed by atoms with van der Waals surface area (Å²) >= 11 is 6.15. The van der Waals surface area contributed by atoms with E-state index in [-0.39, 0.29) is 5.91 Å². The summed E-state index contributed by atoms with van der Waals surface area (Å²) in [6.07, 6.45) is 5.76. The normalized spacial score (nSPS) is 13.5.